The van der Waals surface area contributed by atoms with Gasteiger partial charge in [-0.1, -0.05) is 115 Å². The van der Waals surface area contributed by atoms with Gasteiger partial charge in [0.15, 0.2) is 17.5 Å². The lowest BCUT2D eigenvalue weighted by Gasteiger charge is -2.13. The van der Waals surface area contributed by atoms with Crippen molar-refractivity contribution >= 4 is 5.70 Å². The van der Waals surface area contributed by atoms with Crippen molar-refractivity contribution < 1.29 is 0 Å². The third-order valence-corrected chi connectivity index (χ3v) is 6.16. The third-order valence-electron chi connectivity index (χ3n) is 6.16. The van der Waals surface area contributed by atoms with Crippen LogP contribution in [0.2, 0.25) is 0 Å². The Bertz CT molecular complexity index is 1500. The molecule has 4 nitrogen and oxygen atoms in total. The van der Waals surface area contributed by atoms with Crippen LogP contribution in [0, 0.1) is 0 Å². The number of allylic oxidation sites excluding steroid dienone is 2. The molecule has 1 aromatic heterocycles. The van der Waals surface area contributed by atoms with E-state index in [-0.39, 0.29) is 0 Å². The molecular weight excluding hydrogens is 440 g/mol. The molecule has 2 heterocycles. The highest BCUT2D eigenvalue weighted by molar-refractivity contribution is 5.75. The molecule has 1 aliphatic rings. The van der Waals surface area contributed by atoms with Crippen LogP contribution in [0.4, 0.5) is 0 Å². The fraction of sp³-hybridized carbons (Fsp3) is 0.0312. The summed E-state index contributed by atoms with van der Waals surface area (Å²) in [6.45, 7) is 0.854. The molecule has 0 saturated heterocycles. The van der Waals surface area contributed by atoms with Crippen molar-refractivity contribution in [1.29, 1.82) is 0 Å². The van der Waals surface area contributed by atoms with E-state index in [1.807, 2.05) is 60.7 Å². The lowest BCUT2D eigenvalue weighted by molar-refractivity contribution is 0.996. The van der Waals surface area contributed by atoms with Gasteiger partial charge in [-0.05, 0) is 28.8 Å². The van der Waals surface area contributed by atoms with E-state index in [1.165, 1.54) is 11.1 Å². The molecule has 0 atom stereocenters. The van der Waals surface area contributed by atoms with E-state index < -0.39 is 0 Å². The average molecular weight is 465 g/mol. The summed E-state index contributed by atoms with van der Waals surface area (Å²) in [5.74, 6) is 1.99. The summed E-state index contributed by atoms with van der Waals surface area (Å²) in [6.07, 6.45) is 6.32. The second-order valence-corrected chi connectivity index (χ2v) is 8.59. The SMILES string of the molecule is C1=CCNC(c2cccc(-c3ccc(-c4nc(-c5ccccc5)nc(-c5ccccc5)n4)cc3)c2)=C1. The third kappa shape index (κ3) is 4.57. The summed E-state index contributed by atoms with van der Waals surface area (Å²) in [4.78, 5) is 14.4. The number of benzene rings is 4. The Morgan fingerprint density at radius 2 is 0.972 bits per heavy atom. The highest BCUT2D eigenvalue weighted by Crippen LogP contribution is 2.28. The Morgan fingerprint density at radius 1 is 0.472 bits per heavy atom. The summed E-state index contributed by atoms with van der Waals surface area (Å²) in [5.41, 5.74) is 7.52. The number of rotatable bonds is 5. The zero-order valence-electron chi connectivity index (χ0n) is 19.7. The molecule has 172 valence electrons. The second-order valence-electron chi connectivity index (χ2n) is 8.59. The van der Waals surface area contributed by atoms with Crippen LogP contribution in [-0.4, -0.2) is 21.5 Å². The lowest BCUT2D eigenvalue weighted by Crippen LogP contribution is -2.14. The Hall–Kier alpha value is -4.83. The maximum Gasteiger partial charge on any atom is 0.164 e. The number of nitrogens with one attached hydrogen (secondary N) is 1. The molecule has 0 saturated carbocycles. The van der Waals surface area contributed by atoms with E-state index in [4.69, 9.17) is 15.0 Å². The Kier molecular flexibility index (Phi) is 5.91. The van der Waals surface area contributed by atoms with Crippen LogP contribution in [0.5, 0.6) is 0 Å². The van der Waals surface area contributed by atoms with Crippen molar-refractivity contribution in [1.82, 2.24) is 20.3 Å². The summed E-state index contributed by atoms with van der Waals surface area (Å²) in [7, 11) is 0. The molecule has 5 aromatic rings. The van der Waals surface area contributed by atoms with Crippen molar-refractivity contribution in [2.24, 2.45) is 0 Å². The summed E-state index contributed by atoms with van der Waals surface area (Å²) in [6, 6.07) is 37.1. The Labute approximate surface area is 210 Å². The van der Waals surface area contributed by atoms with Gasteiger partial charge in [0.05, 0.1) is 0 Å². The van der Waals surface area contributed by atoms with Gasteiger partial charge in [0.1, 0.15) is 0 Å². The maximum atomic E-state index is 4.83. The number of dihydropyridines is 1. The van der Waals surface area contributed by atoms with E-state index >= 15 is 0 Å². The Morgan fingerprint density at radius 3 is 1.53 bits per heavy atom. The van der Waals surface area contributed by atoms with Gasteiger partial charge in [0, 0.05) is 28.9 Å². The topological polar surface area (TPSA) is 50.7 Å². The second kappa shape index (κ2) is 9.80. The van der Waals surface area contributed by atoms with Crippen LogP contribution in [0.25, 0.3) is 51.0 Å². The van der Waals surface area contributed by atoms with Gasteiger partial charge >= 0.3 is 0 Å². The van der Waals surface area contributed by atoms with Crippen LogP contribution >= 0.6 is 0 Å². The van der Waals surface area contributed by atoms with Crippen molar-refractivity contribution in [3.05, 3.63) is 133 Å². The highest BCUT2D eigenvalue weighted by Gasteiger charge is 2.12. The van der Waals surface area contributed by atoms with E-state index in [0.29, 0.717) is 17.5 Å². The first-order valence-corrected chi connectivity index (χ1v) is 12.0. The minimum atomic E-state index is 0.659. The molecule has 36 heavy (non-hydrogen) atoms. The number of hydrogen-bond acceptors (Lipinski definition) is 4. The van der Waals surface area contributed by atoms with Gasteiger partial charge in [-0.25, -0.2) is 15.0 Å². The molecule has 0 fully saturated rings. The first-order valence-electron chi connectivity index (χ1n) is 12.0. The predicted molar refractivity (Wildman–Crippen MR) is 147 cm³/mol. The first-order chi connectivity index (χ1) is 17.8. The fourth-order valence-corrected chi connectivity index (χ4v) is 4.27. The molecule has 4 aromatic carbocycles. The van der Waals surface area contributed by atoms with E-state index in [0.717, 1.165) is 34.5 Å². The van der Waals surface area contributed by atoms with Gasteiger partial charge < -0.3 is 5.32 Å². The van der Waals surface area contributed by atoms with Gasteiger partial charge in [-0.2, -0.15) is 0 Å². The largest absolute Gasteiger partial charge is 0.381 e. The Balaban J connectivity index is 1.37. The van der Waals surface area contributed by atoms with Crippen LogP contribution in [0.1, 0.15) is 5.56 Å². The van der Waals surface area contributed by atoms with Crippen LogP contribution in [0.3, 0.4) is 0 Å². The first kappa shape index (κ1) is 21.7. The lowest BCUT2D eigenvalue weighted by atomic mass is 10.00. The number of aromatic nitrogens is 3. The average Bonchev–Trinajstić information content (AvgIpc) is 2.98. The van der Waals surface area contributed by atoms with Gasteiger partial charge in [-0.15, -0.1) is 0 Å². The van der Waals surface area contributed by atoms with Crippen LogP contribution < -0.4 is 5.32 Å². The molecule has 0 bridgehead atoms. The molecule has 0 unspecified atom stereocenters. The quantitative estimate of drug-likeness (QED) is 0.303. The van der Waals surface area contributed by atoms with Crippen molar-refractivity contribution in [2.45, 2.75) is 0 Å². The predicted octanol–water partition coefficient (Wildman–Crippen LogP) is 7.04. The summed E-state index contributed by atoms with van der Waals surface area (Å²) >= 11 is 0. The molecule has 1 aliphatic heterocycles. The van der Waals surface area contributed by atoms with Crippen molar-refractivity contribution in [3.63, 3.8) is 0 Å². The molecular formula is C32H24N4. The van der Waals surface area contributed by atoms with E-state index in [2.05, 4.69) is 72.1 Å². The molecule has 6 rings (SSSR count). The number of hydrogen-bond donors (Lipinski definition) is 1. The summed E-state index contributed by atoms with van der Waals surface area (Å²) < 4.78 is 0. The zero-order valence-corrected chi connectivity index (χ0v) is 19.7. The summed E-state index contributed by atoms with van der Waals surface area (Å²) in [5, 5.41) is 3.43. The van der Waals surface area contributed by atoms with Crippen molar-refractivity contribution in [2.75, 3.05) is 6.54 Å². The molecule has 0 amide bonds. The maximum absolute atomic E-state index is 4.83. The molecule has 4 heteroatoms. The minimum absolute atomic E-state index is 0.659. The molecule has 0 spiro atoms. The minimum Gasteiger partial charge on any atom is -0.381 e. The zero-order chi connectivity index (χ0) is 24.2. The monoisotopic (exact) mass is 464 g/mol. The van der Waals surface area contributed by atoms with Gasteiger partial charge in [0.2, 0.25) is 0 Å². The molecule has 0 radical (unpaired) electrons. The highest BCUT2D eigenvalue weighted by atomic mass is 15.0. The fourth-order valence-electron chi connectivity index (χ4n) is 4.27. The number of nitrogens with zero attached hydrogens (tertiary/aromatic N) is 3. The van der Waals surface area contributed by atoms with E-state index in [9.17, 15) is 0 Å². The van der Waals surface area contributed by atoms with Crippen LogP contribution in [-0.2, 0) is 0 Å². The van der Waals surface area contributed by atoms with Crippen molar-refractivity contribution in [3.8, 4) is 45.3 Å². The van der Waals surface area contributed by atoms with E-state index in [1.54, 1.807) is 0 Å². The van der Waals surface area contributed by atoms with Gasteiger partial charge in [0.25, 0.3) is 0 Å². The van der Waals surface area contributed by atoms with Crippen LogP contribution in [0.15, 0.2) is 127 Å². The smallest absolute Gasteiger partial charge is 0.164 e. The molecule has 0 aliphatic carbocycles. The molecule has 1 N–H and O–H groups in total. The standard InChI is InChI=1S/C32H24N4/c1-3-10-24(11-4-1)30-34-31(25-12-5-2-6-13-25)36-32(35-30)26-19-17-23(18-20-26)27-14-9-15-28(22-27)29-16-7-8-21-33-29/h1-20,22,33H,21H2. The van der Waals surface area contributed by atoms with Gasteiger partial charge in [-0.3, -0.25) is 0 Å². The normalized spacial score (nSPS) is 12.6.